The van der Waals surface area contributed by atoms with Crippen LogP contribution in [0, 0.1) is 0 Å². The van der Waals surface area contributed by atoms with Gasteiger partial charge in [0.25, 0.3) is 0 Å². The third kappa shape index (κ3) is 2.27. The number of likely N-dealkylation sites (tertiary alicyclic amines) is 1. The van der Waals surface area contributed by atoms with Crippen LogP contribution in [0.1, 0.15) is 18.4 Å². The molecule has 2 aliphatic heterocycles. The Labute approximate surface area is 126 Å². The van der Waals surface area contributed by atoms with Crippen LogP contribution in [-0.4, -0.2) is 61.0 Å². The van der Waals surface area contributed by atoms with Crippen LogP contribution in [0.25, 0.3) is 0 Å². The molecule has 4 rings (SSSR count). The molecule has 112 valence electrons. The van der Waals surface area contributed by atoms with Gasteiger partial charge in [0.2, 0.25) is 5.91 Å². The quantitative estimate of drug-likeness (QED) is 0.894. The molecule has 2 heterocycles. The molecule has 1 aliphatic carbocycles. The number of piperazine rings is 1. The van der Waals surface area contributed by atoms with Gasteiger partial charge in [0.1, 0.15) is 0 Å². The first kappa shape index (κ1) is 13.3. The van der Waals surface area contributed by atoms with Gasteiger partial charge in [-0.2, -0.15) is 0 Å². The predicted octanol–water partition coefficient (Wildman–Crippen LogP) is 0.834. The van der Waals surface area contributed by atoms with Gasteiger partial charge in [-0.1, -0.05) is 30.3 Å². The second-order valence-electron chi connectivity index (χ2n) is 6.60. The van der Waals surface area contributed by atoms with Crippen molar-refractivity contribution in [3.63, 3.8) is 0 Å². The Kier molecular flexibility index (Phi) is 3.23. The summed E-state index contributed by atoms with van der Waals surface area (Å²) < 4.78 is 0. The molecule has 21 heavy (non-hydrogen) atoms. The molecule has 0 spiro atoms. The fourth-order valence-corrected chi connectivity index (χ4v) is 3.71. The summed E-state index contributed by atoms with van der Waals surface area (Å²) >= 11 is 0. The second-order valence-corrected chi connectivity index (χ2v) is 6.60. The monoisotopic (exact) mass is 285 g/mol. The van der Waals surface area contributed by atoms with Crippen LogP contribution in [-0.2, 0) is 10.2 Å². The Morgan fingerprint density at radius 1 is 1.10 bits per heavy atom. The van der Waals surface area contributed by atoms with Crippen molar-refractivity contribution in [1.29, 1.82) is 0 Å². The van der Waals surface area contributed by atoms with Gasteiger partial charge in [-0.05, 0) is 18.4 Å². The molecule has 3 fully saturated rings. The Hall–Kier alpha value is -1.39. The van der Waals surface area contributed by atoms with Crippen molar-refractivity contribution in [3.8, 4) is 0 Å². The van der Waals surface area contributed by atoms with Crippen molar-refractivity contribution in [2.24, 2.45) is 0 Å². The average Bonchev–Trinajstić information content (AvgIpc) is 3.29. The van der Waals surface area contributed by atoms with E-state index in [4.69, 9.17) is 0 Å². The minimum atomic E-state index is -0.185. The van der Waals surface area contributed by atoms with Gasteiger partial charge < -0.3 is 10.2 Å². The molecule has 1 amide bonds. The number of hydrogen-bond acceptors (Lipinski definition) is 3. The minimum absolute atomic E-state index is 0.185. The van der Waals surface area contributed by atoms with E-state index in [9.17, 15) is 4.79 Å². The zero-order valence-corrected chi connectivity index (χ0v) is 12.4. The Morgan fingerprint density at radius 3 is 2.38 bits per heavy atom. The molecule has 0 aromatic heterocycles. The third-order valence-corrected chi connectivity index (χ3v) is 5.30. The van der Waals surface area contributed by atoms with Gasteiger partial charge in [0, 0.05) is 45.3 Å². The molecule has 0 unspecified atom stereocenters. The molecular weight excluding hydrogens is 262 g/mol. The van der Waals surface area contributed by atoms with Gasteiger partial charge in [-0.15, -0.1) is 0 Å². The summed E-state index contributed by atoms with van der Waals surface area (Å²) in [5.41, 5.74) is 1.02. The fourth-order valence-electron chi connectivity index (χ4n) is 3.71. The van der Waals surface area contributed by atoms with E-state index < -0.39 is 0 Å². The Morgan fingerprint density at radius 2 is 1.76 bits per heavy atom. The van der Waals surface area contributed by atoms with Crippen LogP contribution in [0.4, 0.5) is 0 Å². The lowest BCUT2D eigenvalue weighted by Gasteiger charge is -2.47. The Balaban J connectivity index is 1.39. The van der Waals surface area contributed by atoms with Crippen molar-refractivity contribution in [2.75, 3.05) is 39.3 Å². The SMILES string of the molecule is O=C(N1CC(N2CCNCC2)C1)C1(c2ccccc2)CC1. The maximum absolute atomic E-state index is 12.8. The van der Waals surface area contributed by atoms with Gasteiger partial charge >= 0.3 is 0 Å². The number of nitrogens with one attached hydrogen (secondary N) is 1. The molecule has 3 aliphatic rings. The maximum Gasteiger partial charge on any atom is 0.233 e. The molecule has 4 heteroatoms. The van der Waals surface area contributed by atoms with Gasteiger partial charge in [-0.25, -0.2) is 0 Å². The van der Waals surface area contributed by atoms with Crippen LogP contribution in [0.2, 0.25) is 0 Å². The van der Waals surface area contributed by atoms with Crippen molar-refractivity contribution in [3.05, 3.63) is 35.9 Å². The van der Waals surface area contributed by atoms with Gasteiger partial charge in [0.05, 0.1) is 5.41 Å². The van der Waals surface area contributed by atoms with Crippen LogP contribution < -0.4 is 5.32 Å². The number of hydrogen-bond donors (Lipinski definition) is 1. The first-order valence-electron chi connectivity index (χ1n) is 8.09. The van der Waals surface area contributed by atoms with E-state index >= 15 is 0 Å². The van der Waals surface area contributed by atoms with E-state index in [1.54, 1.807) is 0 Å². The summed E-state index contributed by atoms with van der Waals surface area (Å²) in [6.45, 7) is 6.25. The van der Waals surface area contributed by atoms with Crippen LogP contribution >= 0.6 is 0 Å². The number of carbonyl (C=O) groups excluding carboxylic acids is 1. The van der Waals surface area contributed by atoms with E-state index in [0.717, 1.165) is 52.1 Å². The van der Waals surface area contributed by atoms with E-state index in [0.29, 0.717) is 11.9 Å². The first-order valence-corrected chi connectivity index (χ1v) is 8.09. The number of carbonyl (C=O) groups is 1. The number of nitrogens with zero attached hydrogens (tertiary/aromatic N) is 2. The maximum atomic E-state index is 12.8. The number of benzene rings is 1. The minimum Gasteiger partial charge on any atom is -0.339 e. The van der Waals surface area contributed by atoms with Crippen LogP contribution in [0.3, 0.4) is 0 Å². The summed E-state index contributed by atoms with van der Waals surface area (Å²) in [4.78, 5) is 17.4. The van der Waals surface area contributed by atoms with Crippen LogP contribution in [0.5, 0.6) is 0 Å². The van der Waals surface area contributed by atoms with Gasteiger partial charge in [-0.3, -0.25) is 9.69 Å². The topological polar surface area (TPSA) is 35.6 Å². The smallest absolute Gasteiger partial charge is 0.233 e. The van der Waals surface area contributed by atoms with Crippen LogP contribution in [0.15, 0.2) is 30.3 Å². The molecule has 1 saturated carbocycles. The number of amides is 1. The zero-order valence-electron chi connectivity index (χ0n) is 12.4. The summed E-state index contributed by atoms with van der Waals surface area (Å²) in [6.07, 6.45) is 2.04. The van der Waals surface area contributed by atoms with E-state index in [1.165, 1.54) is 5.56 Å². The lowest BCUT2D eigenvalue weighted by Crippen LogP contribution is -2.65. The molecule has 4 nitrogen and oxygen atoms in total. The first-order chi connectivity index (χ1) is 10.3. The van der Waals surface area contributed by atoms with E-state index in [-0.39, 0.29) is 5.41 Å². The summed E-state index contributed by atoms with van der Waals surface area (Å²) in [6, 6.07) is 10.9. The van der Waals surface area contributed by atoms with Crippen molar-refractivity contribution in [2.45, 2.75) is 24.3 Å². The fraction of sp³-hybridized carbons (Fsp3) is 0.588. The van der Waals surface area contributed by atoms with Crippen molar-refractivity contribution < 1.29 is 4.79 Å². The molecule has 1 N–H and O–H groups in total. The van der Waals surface area contributed by atoms with E-state index in [1.807, 2.05) is 18.2 Å². The molecule has 1 aromatic carbocycles. The summed E-state index contributed by atoms with van der Waals surface area (Å²) in [5, 5.41) is 3.39. The lowest BCUT2D eigenvalue weighted by atomic mass is 9.92. The Bertz CT molecular complexity index is 514. The summed E-state index contributed by atoms with van der Waals surface area (Å²) in [7, 11) is 0. The molecule has 0 bridgehead atoms. The van der Waals surface area contributed by atoms with E-state index in [2.05, 4.69) is 27.2 Å². The zero-order chi connectivity index (χ0) is 14.3. The summed E-state index contributed by atoms with van der Waals surface area (Å²) in [5.74, 6) is 0.361. The highest BCUT2D eigenvalue weighted by Gasteiger charge is 2.54. The van der Waals surface area contributed by atoms with Crippen molar-refractivity contribution in [1.82, 2.24) is 15.1 Å². The average molecular weight is 285 g/mol. The normalized spacial score (nSPS) is 25.4. The molecule has 0 radical (unpaired) electrons. The molecular formula is C17H23N3O. The highest BCUT2D eigenvalue weighted by molar-refractivity contribution is 5.92. The van der Waals surface area contributed by atoms with Crippen molar-refractivity contribution >= 4 is 5.91 Å². The highest BCUT2D eigenvalue weighted by Crippen LogP contribution is 2.50. The largest absolute Gasteiger partial charge is 0.339 e. The third-order valence-electron chi connectivity index (χ3n) is 5.30. The molecule has 2 saturated heterocycles. The highest BCUT2D eigenvalue weighted by atomic mass is 16.2. The second kappa shape index (κ2) is 5.11. The standard InChI is InChI=1S/C17H23N3O/c21-16(17(6-7-17)14-4-2-1-3-5-14)20-12-15(13-20)19-10-8-18-9-11-19/h1-5,15,18H,6-13H2. The number of rotatable bonds is 3. The predicted molar refractivity (Wildman–Crippen MR) is 82.2 cm³/mol. The lowest BCUT2D eigenvalue weighted by molar-refractivity contribution is -0.141. The van der Waals surface area contributed by atoms with Gasteiger partial charge in [0.15, 0.2) is 0 Å². The molecule has 1 aromatic rings. The molecule has 0 atom stereocenters.